The Bertz CT molecular complexity index is 528. The normalized spacial score (nSPS) is 17.3. The summed E-state index contributed by atoms with van der Waals surface area (Å²) in [7, 11) is 0. The van der Waals surface area contributed by atoms with Crippen LogP contribution in [-0.2, 0) is 4.79 Å². The van der Waals surface area contributed by atoms with E-state index in [0.717, 1.165) is 25.8 Å². The van der Waals surface area contributed by atoms with E-state index >= 15 is 0 Å². The van der Waals surface area contributed by atoms with Crippen molar-refractivity contribution in [2.24, 2.45) is 5.92 Å². The molecule has 0 bridgehead atoms. The Balaban J connectivity index is 0.00000264. The number of piperidine rings is 1. The van der Waals surface area contributed by atoms with Crippen LogP contribution in [0.2, 0.25) is 0 Å². The van der Waals surface area contributed by atoms with Crippen LogP contribution in [0.5, 0.6) is 0 Å². The SMILES string of the molecule is CC(C)CNC(=O)c1cccc(NC(=O)[C@H]2CCCCN2)c1.Cl. The van der Waals surface area contributed by atoms with E-state index in [1.165, 1.54) is 0 Å². The summed E-state index contributed by atoms with van der Waals surface area (Å²) in [4.78, 5) is 24.2. The molecular formula is C17H26ClN3O2. The first-order valence-electron chi connectivity index (χ1n) is 7.99. The second-order valence-corrected chi connectivity index (χ2v) is 6.18. The summed E-state index contributed by atoms with van der Waals surface area (Å²) in [5.41, 5.74) is 1.23. The van der Waals surface area contributed by atoms with E-state index < -0.39 is 0 Å². The van der Waals surface area contributed by atoms with Gasteiger partial charge in [0.25, 0.3) is 5.91 Å². The third-order valence-electron chi connectivity index (χ3n) is 3.69. The summed E-state index contributed by atoms with van der Waals surface area (Å²) in [5, 5.41) is 8.99. The predicted octanol–water partition coefficient (Wildman–Crippen LogP) is 2.57. The number of benzene rings is 1. The molecule has 6 heteroatoms. The molecule has 0 aliphatic carbocycles. The molecule has 1 aliphatic heterocycles. The van der Waals surface area contributed by atoms with Crippen molar-refractivity contribution < 1.29 is 9.59 Å². The number of carbonyl (C=O) groups is 2. The zero-order chi connectivity index (χ0) is 15.9. The highest BCUT2D eigenvalue weighted by atomic mass is 35.5. The summed E-state index contributed by atoms with van der Waals surface area (Å²) >= 11 is 0. The van der Waals surface area contributed by atoms with Crippen LogP contribution in [0.1, 0.15) is 43.5 Å². The van der Waals surface area contributed by atoms with Crippen LogP contribution in [0.15, 0.2) is 24.3 Å². The second kappa shape index (κ2) is 9.53. The van der Waals surface area contributed by atoms with Crippen molar-refractivity contribution in [3.8, 4) is 0 Å². The number of rotatable bonds is 5. The molecule has 0 spiro atoms. The first-order valence-corrected chi connectivity index (χ1v) is 7.99. The fraction of sp³-hybridized carbons (Fsp3) is 0.529. The number of hydrogen-bond donors (Lipinski definition) is 3. The van der Waals surface area contributed by atoms with Crippen LogP contribution in [0.4, 0.5) is 5.69 Å². The van der Waals surface area contributed by atoms with Crippen molar-refractivity contribution in [2.75, 3.05) is 18.4 Å². The minimum Gasteiger partial charge on any atom is -0.352 e. The van der Waals surface area contributed by atoms with Crippen molar-refractivity contribution in [3.05, 3.63) is 29.8 Å². The highest BCUT2D eigenvalue weighted by Crippen LogP contribution is 2.13. The molecule has 1 aromatic rings. The van der Waals surface area contributed by atoms with Gasteiger partial charge >= 0.3 is 0 Å². The average molecular weight is 340 g/mol. The first-order chi connectivity index (χ1) is 10.6. The molecule has 0 unspecified atom stereocenters. The molecule has 23 heavy (non-hydrogen) atoms. The van der Waals surface area contributed by atoms with Crippen molar-refractivity contribution >= 4 is 29.9 Å². The minimum atomic E-state index is -0.132. The Hall–Kier alpha value is -1.59. The van der Waals surface area contributed by atoms with E-state index in [9.17, 15) is 9.59 Å². The third-order valence-corrected chi connectivity index (χ3v) is 3.69. The molecule has 128 valence electrons. The van der Waals surface area contributed by atoms with E-state index in [0.29, 0.717) is 23.7 Å². The summed E-state index contributed by atoms with van der Waals surface area (Å²) < 4.78 is 0. The standard InChI is InChI=1S/C17H25N3O2.ClH/c1-12(2)11-19-16(21)13-6-5-7-14(10-13)20-17(22)15-8-3-4-9-18-15;/h5-7,10,12,15,18H,3-4,8-9,11H2,1-2H3,(H,19,21)(H,20,22);1H/t15-;/m1./s1. The molecule has 2 rings (SSSR count). The summed E-state index contributed by atoms with van der Waals surface area (Å²) in [6.45, 7) is 5.62. The van der Waals surface area contributed by atoms with Gasteiger partial charge in [0.05, 0.1) is 6.04 Å². The number of amides is 2. The van der Waals surface area contributed by atoms with Crippen molar-refractivity contribution in [1.82, 2.24) is 10.6 Å². The molecule has 1 aromatic carbocycles. The highest BCUT2D eigenvalue weighted by Gasteiger charge is 2.20. The van der Waals surface area contributed by atoms with E-state index in [-0.39, 0.29) is 30.3 Å². The summed E-state index contributed by atoms with van der Waals surface area (Å²) in [6.07, 6.45) is 3.05. The van der Waals surface area contributed by atoms with E-state index in [4.69, 9.17) is 0 Å². The molecule has 0 radical (unpaired) electrons. The van der Waals surface area contributed by atoms with Gasteiger partial charge in [-0.25, -0.2) is 0 Å². The Kier molecular flexibility index (Phi) is 8.06. The van der Waals surface area contributed by atoms with Crippen LogP contribution in [0.25, 0.3) is 0 Å². The summed E-state index contributed by atoms with van der Waals surface area (Å²) in [5.74, 6) is 0.268. The van der Waals surface area contributed by atoms with Gasteiger partial charge in [-0.2, -0.15) is 0 Å². The van der Waals surface area contributed by atoms with Crippen LogP contribution in [0, 0.1) is 5.92 Å². The van der Waals surface area contributed by atoms with Crippen molar-refractivity contribution in [1.29, 1.82) is 0 Å². The molecule has 1 heterocycles. The number of nitrogens with one attached hydrogen (secondary N) is 3. The lowest BCUT2D eigenvalue weighted by atomic mass is 10.0. The molecule has 1 aliphatic rings. The van der Waals surface area contributed by atoms with Gasteiger partial charge < -0.3 is 16.0 Å². The molecule has 1 atom stereocenters. The number of anilines is 1. The maximum absolute atomic E-state index is 12.2. The van der Waals surface area contributed by atoms with Gasteiger partial charge in [-0.15, -0.1) is 12.4 Å². The minimum absolute atomic E-state index is 0. The number of carbonyl (C=O) groups excluding carboxylic acids is 2. The zero-order valence-corrected chi connectivity index (χ0v) is 14.5. The van der Waals surface area contributed by atoms with Crippen molar-refractivity contribution in [3.63, 3.8) is 0 Å². The van der Waals surface area contributed by atoms with Crippen LogP contribution in [0.3, 0.4) is 0 Å². The van der Waals surface area contributed by atoms with E-state index in [2.05, 4.69) is 16.0 Å². The molecule has 3 N–H and O–H groups in total. The topological polar surface area (TPSA) is 70.2 Å². The van der Waals surface area contributed by atoms with Crippen molar-refractivity contribution in [2.45, 2.75) is 39.2 Å². The third kappa shape index (κ3) is 6.20. The maximum Gasteiger partial charge on any atom is 0.251 e. The average Bonchev–Trinajstić information content (AvgIpc) is 2.53. The molecule has 0 aromatic heterocycles. The molecule has 1 saturated heterocycles. The van der Waals surface area contributed by atoms with Crippen LogP contribution < -0.4 is 16.0 Å². The second-order valence-electron chi connectivity index (χ2n) is 6.18. The van der Waals surface area contributed by atoms with Crippen LogP contribution >= 0.6 is 12.4 Å². The van der Waals surface area contributed by atoms with E-state index in [1.54, 1.807) is 24.3 Å². The number of halogens is 1. The fourth-order valence-corrected chi connectivity index (χ4v) is 2.44. The zero-order valence-electron chi connectivity index (χ0n) is 13.7. The Morgan fingerprint density at radius 2 is 2.09 bits per heavy atom. The van der Waals surface area contributed by atoms with Gasteiger partial charge in [0.1, 0.15) is 0 Å². The van der Waals surface area contributed by atoms with Crippen LogP contribution in [-0.4, -0.2) is 30.9 Å². The molecular weight excluding hydrogens is 314 g/mol. The van der Waals surface area contributed by atoms with Gasteiger partial charge in [-0.05, 0) is 43.5 Å². The molecule has 0 saturated carbocycles. The Morgan fingerprint density at radius 3 is 2.74 bits per heavy atom. The van der Waals surface area contributed by atoms with E-state index in [1.807, 2.05) is 13.8 Å². The smallest absolute Gasteiger partial charge is 0.251 e. The molecule has 1 fully saturated rings. The summed E-state index contributed by atoms with van der Waals surface area (Å²) in [6, 6.07) is 6.93. The Morgan fingerprint density at radius 1 is 1.30 bits per heavy atom. The fourth-order valence-electron chi connectivity index (χ4n) is 2.44. The van der Waals surface area contributed by atoms with Gasteiger partial charge in [0, 0.05) is 17.8 Å². The van der Waals surface area contributed by atoms with Gasteiger partial charge in [0.15, 0.2) is 0 Å². The predicted molar refractivity (Wildman–Crippen MR) is 95.1 cm³/mol. The van der Waals surface area contributed by atoms with Gasteiger partial charge in [-0.1, -0.05) is 26.3 Å². The van der Waals surface area contributed by atoms with Gasteiger partial charge in [0.2, 0.25) is 5.91 Å². The van der Waals surface area contributed by atoms with Gasteiger partial charge in [-0.3, -0.25) is 9.59 Å². The molecule has 2 amide bonds. The lowest BCUT2D eigenvalue weighted by Gasteiger charge is -2.22. The maximum atomic E-state index is 12.2. The highest BCUT2D eigenvalue weighted by molar-refractivity contribution is 5.98. The largest absolute Gasteiger partial charge is 0.352 e. The number of hydrogen-bond acceptors (Lipinski definition) is 3. The lowest BCUT2D eigenvalue weighted by molar-refractivity contribution is -0.118. The first kappa shape index (κ1) is 19.5. The Labute approximate surface area is 144 Å². The molecule has 5 nitrogen and oxygen atoms in total. The lowest BCUT2D eigenvalue weighted by Crippen LogP contribution is -2.43. The monoisotopic (exact) mass is 339 g/mol. The quantitative estimate of drug-likeness (QED) is 0.772.